The van der Waals surface area contributed by atoms with Crippen molar-refractivity contribution in [2.45, 2.75) is 12.5 Å². The van der Waals surface area contributed by atoms with Crippen molar-refractivity contribution in [3.05, 3.63) is 64.2 Å². The van der Waals surface area contributed by atoms with Crippen LogP contribution in [0.25, 0.3) is 5.76 Å². The fraction of sp³-hybridized carbons (Fsp3) is 0.304. The number of phenols is 1. The molecule has 1 aliphatic heterocycles. The number of hydrogen-bond acceptors (Lipinski definition) is 6. The van der Waals surface area contributed by atoms with Gasteiger partial charge < -0.3 is 24.7 Å². The number of halogens is 1. The van der Waals surface area contributed by atoms with Crippen LogP contribution in [0.3, 0.4) is 0 Å². The van der Waals surface area contributed by atoms with Gasteiger partial charge in [-0.3, -0.25) is 9.59 Å². The summed E-state index contributed by atoms with van der Waals surface area (Å²) in [5, 5.41) is 21.1. The number of ketones is 1. The fourth-order valence-electron chi connectivity index (χ4n) is 3.63. The molecule has 0 aliphatic carbocycles. The summed E-state index contributed by atoms with van der Waals surface area (Å²) >= 11 is 6.08. The summed E-state index contributed by atoms with van der Waals surface area (Å²) in [5.41, 5.74) is 0.922. The van der Waals surface area contributed by atoms with E-state index in [2.05, 4.69) is 0 Å². The van der Waals surface area contributed by atoms with E-state index in [1.807, 2.05) is 19.0 Å². The number of ether oxygens (including phenoxy) is 1. The zero-order valence-electron chi connectivity index (χ0n) is 17.6. The van der Waals surface area contributed by atoms with Gasteiger partial charge in [0.2, 0.25) is 0 Å². The first kappa shape index (κ1) is 22.7. The number of likely N-dealkylation sites (tertiary alicyclic amines) is 1. The molecule has 0 bridgehead atoms. The molecule has 0 aromatic heterocycles. The third-order valence-corrected chi connectivity index (χ3v) is 5.49. The molecule has 1 aliphatic rings. The van der Waals surface area contributed by atoms with Crippen molar-refractivity contribution in [3.63, 3.8) is 0 Å². The largest absolute Gasteiger partial charge is 0.508 e. The first-order chi connectivity index (χ1) is 14.7. The van der Waals surface area contributed by atoms with E-state index in [4.69, 9.17) is 16.3 Å². The van der Waals surface area contributed by atoms with Gasteiger partial charge in [-0.25, -0.2) is 0 Å². The number of phenolic OH excluding ortho intramolecular Hbond substituents is 1. The Balaban J connectivity index is 2.11. The van der Waals surface area contributed by atoms with Gasteiger partial charge in [0.25, 0.3) is 11.7 Å². The van der Waals surface area contributed by atoms with E-state index in [1.165, 1.54) is 30.2 Å². The SMILES string of the molecule is COc1cc(/C(O)=C2/C(=O)C(=O)N(CCCN(C)C)C2c2ccc(O)cc2)ccc1Cl. The van der Waals surface area contributed by atoms with Gasteiger partial charge in [-0.15, -0.1) is 0 Å². The summed E-state index contributed by atoms with van der Waals surface area (Å²) in [6.07, 6.45) is 0.656. The van der Waals surface area contributed by atoms with Gasteiger partial charge in [-0.1, -0.05) is 23.7 Å². The molecule has 2 N–H and O–H groups in total. The van der Waals surface area contributed by atoms with Crippen LogP contribution in [0.2, 0.25) is 5.02 Å². The molecule has 0 radical (unpaired) electrons. The van der Waals surface area contributed by atoms with Crippen molar-refractivity contribution >= 4 is 29.1 Å². The Kier molecular flexibility index (Phi) is 6.87. The number of amides is 1. The van der Waals surface area contributed by atoms with Gasteiger partial charge in [0, 0.05) is 12.1 Å². The molecule has 1 fully saturated rings. The van der Waals surface area contributed by atoms with Crippen LogP contribution in [-0.4, -0.2) is 66.0 Å². The Morgan fingerprint density at radius 3 is 2.45 bits per heavy atom. The summed E-state index contributed by atoms with van der Waals surface area (Å²) in [7, 11) is 5.31. The Morgan fingerprint density at radius 2 is 1.84 bits per heavy atom. The summed E-state index contributed by atoms with van der Waals surface area (Å²) in [6, 6.07) is 10.1. The molecule has 3 rings (SSSR count). The number of aliphatic hydroxyl groups is 1. The number of carbonyl (C=O) groups is 2. The standard InChI is InChI=1S/C23H25ClN2O5/c1-25(2)11-4-12-26-20(14-5-8-16(27)9-6-14)19(22(29)23(26)30)21(28)15-7-10-17(24)18(13-15)31-3/h5-10,13,20,27-28H,4,11-12H2,1-3H3/b21-19-. The number of rotatable bonds is 7. The zero-order chi connectivity index (χ0) is 22.7. The molecule has 1 heterocycles. The lowest BCUT2D eigenvalue weighted by Crippen LogP contribution is -2.32. The third-order valence-electron chi connectivity index (χ3n) is 5.18. The number of hydrogen-bond donors (Lipinski definition) is 2. The van der Waals surface area contributed by atoms with Gasteiger partial charge in [-0.05, 0) is 63.0 Å². The molecule has 8 heteroatoms. The Labute approximate surface area is 186 Å². The van der Waals surface area contributed by atoms with E-state index in [0.29, 0.717) is 34.9 Å². The molecule has 1 unspecified atom stereocenters. The maximum atomic E-state index is 13.0. The first-order valence-electron chi connectivity index (χ1n) is 9.80. The van der Waals surface area contributed by atoms with Gasteiger partial charge in [-0.2, -0.15) is 0 Å². The average Bonchev–Trinajstić information content (AvgIpc) is 2.99. The second-order valence-corrected chi connectivity index (χ2v) is 8.00. The van der Waals surface area contributed by atoms with Crippen molar-refractivity contribution in [2.75, 3.05) is 34.3 Å². The third kappa shape index (κ3) is 4.68. The minimum Gasteiger partial charge on any atom is -0.508 e. The van der Waals surface area contributed by atoms with E-state index >= 15 is 0 Å². The Hall–Kier alpha value is -3.03. The Bertz CT molecular complexity index is 1020. The van der Waals surface area contributed by atoms with Crippen molar-refractivity contribution in [2.24, 2.45) is 0 Å². The molecule has 0 spiro atoms. The molecule has 164 valence electrons. The minimum atomic E-state index is -0.774. The highest BCUT2D eigenvalue weighted by molar-refractivity contribution is 6.46. The molecular formula is C23H25ClN2O5. The lowest BCUT2D eigenvalue weighted by atomic mass is 9.95. The molecule has 2 aromatic carbocycles. The monoisotopic (exact) mass is 444 g/mol. The summed E-state index contributed by atoms with van der Waals surface area (Å²) in [6.45, 7) is 1.08. The lowest BCUT2D eigenvalue weighted by Gasteiger charge is -2.26. The van der Waals surface area contributed by atoms with Gasteiger partial charge >= 0.3 is 0 Å². The zero-order valence-corrected chi connectivity index (χ0v) is 18.4. The van der Waals surface area contributed by atoms with Crippen LogP contribution in [0.5, 0.6) is 11.5 Å². The Morgan fingerprint density at radius 1 is 1.16 bits per heavy atom. The van der Waals surface area contributed by atoms with Crippen molar-refractivity contribution < 1.29 is 24.5 Å². The fourth-order valence-corrected chi connectivity index (χ4v) is 3.83. The highest BCUT2D eigenvalue weighted by Crippen LogP contribution is 2.40. The summed E-state index contributed by atoms with van der Waals surface area (Å²) < 4.78 is 5.21. The molecule has 1 amide bonds. The van der Waals surface area contributed by atoms with Crippen LogP contribution in [0.1, 0.15) is 23.6 Å². The summed E-state index contributed by atoms with van der Waals surface area (Å²) in [5.74, 6) is -1.32. The highest BCUT2D eigenvalue weighted by Gasteiger charge is 2.45. The normalized spacial score (nSPS) is 18.1. The minimum absolute atomic E-state index is 0.00933. The number of methoxy groups -OCH3 is 1. The highest BCUT2D eigenvalue weighted by atomic mass is 35.5. The number of carbonyl (C=O) groups excluding carboxylic acids is 2. The van der Waals surface area contributed by atoms with Crippen molar-refractivity contribution in [1.82, 2.24) is 9.80 Å². The predicted octanol–water partition coefficient (Wildman–Crippen LogP) is 3.43. The van der Waals surface area contributed by atoms with Crippen LogP contribution < -0.4 is 4.74 Å². The number of nitrogens with zero attached hydrogens (tertiary/aromatic N) is 2. The summed E-state index contributed by atoms with van der Waals surface area (Å²) in [4.78, 5) is 29.3. The van der Waals surface area contributed by atoms with Gasteiger partial charge in [0.15, 0.2) is 0 Å². The first-order valence-corrected chi connectivity index (χ1v) is 10.2. The van der Waals surface area contributed by atoms with Crippen LogP contribution >= 0.6 is 11.6 Å². The van der Waals surface area contributed by atoms with Crippen LogP contribution in [0.4, 0.5) is 0 Å². The van der Waals surface area contributed by atoms with E-state index in [1.54, 1.807) is 24.3 Å². The molecular weight excluding hydrogens is 420 g/mol. The van der Waals surface area contributed by atoms with Gasteiger partial charge in [0.1, 0.15) is 17.3 Å². The number of benzene rings is 2. The van der Waals surface area contributed by atoms with E-state index in [0.717, 1.165) is 6.54 Å². The van der Waals surface area contributed by atoms with Crippen LogP contribution in [0, 0.1) is 0 Å². The average molecular weight is 445 g/mol. The van der Waals surface area contributed by atoms with E-state index in [-0.39, 0.29) is 17.1 Å². The topological polar surface area (TPSA) is 90.3 Å². The molecule has 1 atom stereocenters. The second-order valence-electron chi connectivity index (χ2n) is 7.59. The van der Waals surface area contributed by atoms with Gasteiger partial charge in [0.05, 0.1) is 23.7 Å². The molecule has 31 heavy (non-hydrogen) atoms. The maximum Gasteiger partial charge on any atom is 0.295 e. The quantitative estimate of drug-likeness (QED) is 0.386. The number of Topliss-reactive ketones (excluding diaryl/α,β-unsaturated/α-hetero) is 1. The van der Waals surface area contributed by atoms with Crippen LogP contribution in [0.15, 0.2) is 48.0 Å². The molecule has 0 saturated carbocycles. The smallest absolute Gasteiger partial charge is 0.295 e. The number of aromatic hydroxyl groups is 1. The maximum absolute atomic E-state index is 13.0. The van der Waals surface area contributed by atoms with E-state index in [9.17, 15) is 19.8 Å². The number of aliphatic hydroxyl groups excluding tert-OH is 1. The lowest BCUT2D eigenvalue weighted by molar-refractivity contribution is -0.139. The van der Waals surface area contributed by atoms with Crippen molar-refractivity contribution in [3.8, 4) is 11.5 Å². The molecule has 2 aromatic rings. The molecule has 7 nitrogen and oxygen atoms in total. The second kappa shape index (κ2) is 9.41. The van der Waals surface area contributed by atoms with Crippen molar-refractivity contribution in [1.29, 1.82) is 0 Å². The van der Waals surface area contributed by atoms with Crippen LogP contribution in [-0.2, 0) is 9.59 Å². The van der Waals surface area contributed by atoms with E-state index < -0.39 is 17.7 Å². The molecule has 1 saturated heterocycles. The predicted molar refractivity (Wildman–Crippen MR) is 118 cm³/mol.